The lowest BCUT2D eigenvalue weighted by Gasteiger charge is -2.53. The third-order valence-electron chi connectivity index (χ3n) is 6.15. The molecule has 1 aromatic carbocycles. The first-order valence-electron chi connectivity index (χ1n) is 10.5. The number of hydrogen-bond donors (Lipinski definition) is 0. The number of carbonyl (C=O) groups excluding carboxylic acids is 1. The summed E-state index contributed by atoms with van der Waals surface area (Å²) in [6, 6.07) is 9.60. The summed E-state index contributed by atoms with van der Waals surface area (Å²) in [5, 5.41) is 3.87. The molecule has 0 unspecified atom stereocenters. The van der Waals surface area contributed by atoms with Crippen molar-refractivity contribution in [3.8, 4) is 11.5 Å². The van der Waals surface area contributed by atoms with Crippen LogP contribution in [-0.4, -0.2) is 70.7 Å². The van der Waals surface area contributed by atoms with E-state index in [0.717, 1.165) is 37.7 Å². The second-order valence-electron chi connectivity index (χ2n) is 8.34. The smallest absolute Gasteiger partial charge is 0.258 e. The number of aryl methyl sites for hydroxylation is 1. The fourth-order valence-corrected chi connectivity index (χ4v) is 4.41. The second-order valence-corrected chi connectivity index (χ2v) is 8.34. The molecule has 9 heteroatoms. The predicted molar refractivity (Wildman–Crippen MR) is 116 cm³/mol. The Balaban J connectivity index is 1.37. The molecule has 0 spiro atoms. The number of piperidine rings is 1. The standard InChI is InChI=1S/C22H25N7O2/c1-14-25-21(31-26-14)16-6-4-5-7-17(16)22(30)29-11-15-8-9-28(12-18(15)29)20-10-19(27(2)3)23-13-24-20/h4-7,10,13,15,18H,8-9,11-12H2,1-3H3/t15-,18-/m1/s1. The number of benzene rings is 1. The summed E-state index contributed by atoms with van der Waals surface area (Å²) < 4.78 is 5.33. The molecule has 1 amide bonds. The number of anilines is 2. The number of fused-ring (bicyclic) bond motifs is 1. The molecule has 2 fully saturated rings. The Morgan fingerprint density at radius 1 is 1.19 bits per heavy atom. The largest absolute Gasteiger partial charge is 0.363 e. The fraction of sp³-hybridized carbons (Fsp3) is 0.409. The van der Waals surface area contributed by atoms with E-state index in [1.807, 2.05) is 54.2 Å². The number of rotatable bonds is 4. The minimum Gasteiger partial charge on any atom is -0.363 e. The van der Waals surface area contributed by atoms with Crippen LogP contribution in [0.25, 0.3) is 11.5 Å². The molecule has 0 radical (unpaired) electrons. The van der Waals surface area contributed by atoms with E-state index in [4.69, 9.17) is 4.52 Å². The molecular formula is C22H25N7O2. The zero-order valence-electron chi connectivity index (χ0n) is 17.9. The minimum absolute atomic E-state index is 0.00576. The molecule has 4 heterocycles. The molecule has 0 N–H and O–H groups in total. The number of aromatic nitrogens is 4. The van der Waals surface area contributed by atoms with E-state index < -0.39 is 0 Å². The van der Waals surface area contributed by atoms with Crippen molar-refractivity contribution in [1.82, 2.24) is 25.0 Å². The van der Waals surface area contributed by atoms with Gasteiger partial charge in [-0.1, -0.05) is 17.3 Å². The maximum absolute atomic E-state index is 13.5. The van der Waals surface area contributed by atoms with E-state index >= 15 is 0 Å². The van der Waals surface area contributed by atoms with Crippen molar-refractivity contribution >= 4 is 17.5 Å². The van der Waals surface area contributed by atoms with Crippen LogP contribution in [0.5, 0.6) is 0 Å². The average molecular weight is 419 g/mol. The lowest BCUT2D eigenvalue weighted by molar-refractivity contribution is 0.00785. The van der Waals surface area contributed by atoms with Gasteiger partial charge in [0.2, 0.25) is 0 Å². The molecule has 0 aliphatic carbocycles. The van der Waals surface area contributed by atoms with E-state index in [0.29, 0.717) is 28.8 Å². The van der Waals surface area contributed by atoms with Crippen LogP contribution in [0, 0.1) is 12.8 Å². The summed E-state index contributed by atoms with van der Waals surface area (Å²) in [6.45, 7) is 4.25. The van der Waals surface area contributed by atoms with E-state index in [2.05, 4.69) is 25.0 Å². The first-order chi connectivity index (χ1) is 15.0. The molecule has 2 saturated heterocycles. The van der Waals surface area contributed by atoms with Crippen LogP contribution < -0.4 is 9.80 Å². The highest BCUT2D eigenvalue weighted by Gasteiger charge is 2.45. The summed E-state index contributed by atoms with van der Waals surface area (Å²) in [6.07, 6.45) is 2.64. The zero-order chi connectivity index (χ0) is 21.5. The van der Waals surface area contributed by atoms with Gasteiger partial charge in [-0.25, -0.2) is 9.97 Å². The molecule has 9 nitrogen and oxygen atoms in total. The quantitative estimate of drug-likeness (QED) is 0.636. The first-order valence-corrected chi connectivity index (χ1v) is 10.5. The van der Waals surface area contributed by atoms with Gasteiger partial charge in [-0.15, -0.1) is 0 Å². The van der Waals surface area contributed by atoms with Crippen LogP contribution in [0.2, 0.25) is 0 Å². The van der Waals surface area contributed by atoms with Crippen LogP contribution in [-0.2, 0) is 0 Å². The molecular weight excluding hydrogens is 394 g/mol. The third-order valence-corrected chi connectivity index (χ3v) is 6.15. The lowest BCUT2D eigenvalue weighted by Crippen LogP contribution is -2.65. The van der Waals surface area contributed by atoms with E-state index in [1.54, 1.807) is 13.3 Å². The van der Waals surface area contributed by atoms with Crippen LogP contribution in [0.15, 0.2) is 41.2 Å². The summed E-state index contributed by atoms with van der Waals surface area (Å²) in [4.78, 5) is 32.7. The Hall–Kier alpha value is -3.49. The number of nitrogens with zero attached hydrogens (tertiary/aromatic N) is 7. The van der Waals surface area contributed by atoms with Crippen LogP contribution in [0.3, 0.4) is 0 Å². The van der Waals surface area contributed by atoms with Gasteiger partial charge in [-0.3, -0.25) is 4.79 Å². The monoisotopic (exact) mass is 419 g/mol. The Morgan fingerprint density at radius 3 is 2.81 bits per heavy atom. The number of hydrogen-bond acceptors (Lipinski definition) is 8. The third kappa shape index (κ3) is 3.49. The summed E-state index contributed by atoms with van der Waals surface area (Å²) in [7, 11) is 3.93. The molecule has 31 heavy (non-hydrogen) atoms. The van der Waals surface area contributed by atoms with E-state index in [1.165, 1.54) is 0 Å². The van der Waals surface area contributed by atoms with Crippen LogP contribution in [0.1, 0.15) is 22.6 Å². The average Bonchev–Trinajstić information content (AvgIpc) is 3.20. The van der Waals surface area contributed by atoms with Gasteiger partial charge >= 0.3 is 0 Å². The van der Waals surface area contributed by atoms with E-state index in [-0.39, 0.29) is 11.9 Å². The molecule has 2 aliphatic rings. The maximum atomic E-state index is 13.5. The highest BCUT2D eigenvalue weighted by Crippen LogP contribution is 2.36. The van der Waals surface area contributed by atoms with Gasteiger partial charge in [-0.2, -0.15) is 4.98 Å². The molecule has 160 valence electrons. The van der Waals surface area contributed by atoms with Gasteiger partial charge in [0, 0.05) is 45.7 Å². The molecule has 2 aromatic heterocycles. The van der Waals surface area contributed by atoms with Crippen molar-refractivity contribution in [2.75, 3.05) is 43.5 Å². The van der Waals surface area contributed by atoms with Gasteiger partial charge < -0.3 is 19.2 Å². The Bertz CT molecular complexity index is 1110. The number of amides is 1. The SMILES string of the molecule is Cc1noc(-c2ccccc2C(=O)N2C[C@H]3CCN(c4cc(N(C)C)ncn4)C[C@H]32)n1. The van der Waals surface area contributed by atoms with Crippen LogP contribution in [0.4, 0.5) is 11.6 Å². The minimum atomic E-state index is 0.00576. The van der Waals surface area contributed by atoms with Crippen molar-refractivity contribution in [3.05, 3.63) is 48.0 Å². The molecule has 3 aromatic rings. The molecule has 5 rings (SSSR count). The van der Waals surface area contributed by atoms with Gasteiger partial charge in [0.25, 0.3) is 11.8 Å². The number of carbonyl (C=O) groups is 1. The Kier molecular flexibility index (Phi) is 4.80. The first kappa shape index (κ1) is 19.5. The summed E-state index contributed by atoms with van der Waals surface area (Å²) >= 11 is 0. The predicted octanol–water partition coefficient (Wildman–Crippen LogP) is 2.25. The van der Waals surface area contributed by atoms with Crippen molar-refractivity contribution in [2.45, 2.75) is 19.4 Å². The fourth-order valence-electron chi connectivity index (χ4n) is 4.41. The van der Waals surface area contributed by atoms with Crippen LogP contribution >= 0.6 is 0 Å². The van der Waals surface area contributed by atoms with Gasteiger partial charge in [0.05, 0.1) is 17.2 Å². The second kappa shape index (κ2) is 7.64. The zero-order valence-corrected chi connectivity index (χ0v) is 17.9. The lowest BCUT2D eigenvalue weighted by atomic mass is 9.81. The number of likely N-dealkylation sites (tertiary alicyclic amines) is 1. The van der Waals surface area contributed by atoms with Gasteiger partial charge in [0.15, 0.2) is 5.82 Å². The molecule has 2 atom stereocenters. The molecule has 0 bridgehead atoms. The maximum Gasteiger partial charge on any atom is 0.258 e. The summed E-state index contributed by atoms with van der Waals surface area (Å²) in [5.41, 5.74) is 1.27. The van der Waals surface area contributed by atoms with Crippen molar-refractivity contribution in [3.63, 3.8) is 0 Å². The molecule has 2 aliphatic heterocycles. The Morgan fingerprint density at radius 2 is 2.03 bits per heavy atom. The van der Waals surface area contributed by atoms with E-state index in [9.17, 15) is 4.79 Å². The highest BCUT2D eigenvalue weighted by molar-refractivity contribution is 6.00. The van der Waals surface area contributed by atoms with Crippen molar-refractivity contribution in [2.24, 2.45) is 5.92 Å². The molecule has 0 saturated carbocycles. The highest BCUT2D eigenvalue weighted by atomic mass is 16.5. The Labute approximate surface area is 180 Å². The topological polar surface area (TPSA) is 91.5 Å². The van der Waals surface area contributed by atoms with Crippen molar-refractivity contribution in [1.29, 1.82) is 0 Å². The van der Waals surface area contributed by atoms with Crippen molar-refractivity contribution < 1.29 is 9.32 Å². The van der Waals surface area contributed by atoms with Gasteiger partial charge in [0.1, 0.15) is 18.0 Å². The summed E-state index contributed by atoms with van der Waals surface area (Å²) in [5.74, 6) is 3.22. The normalized spacial score (nSPS) is 20.2. The van der Waals surface area contributed by atoms with Gasteiger partial charge in [-0.05, 0) is 25.5 Å².